The molecule has 1 aliphatic rings. The summed E-state index contributed by atoms with van der Waals surface area (Å²) in [7, 11) is 0. The quantitative estimate of drug-likeness (QED) is 0.804. The molecule has 0 aliphatic heterocycles. The molecule has 0 aromatic rings. The van der Waals surface area contributed by atoms with E-state index in [0.717, 1.165) is 25.7 Å². The van der Waals surface area contributed by atoms with Gasteiger partial charge >= 0.3 is 0 Å². The van der Waals surface area contributed by atoms with E-state index >= 15 is 0 Å². The van der Waals surface area contributed by atoms with Gasteiger partial charge in [-0.25, -0.2) is 8.78 Å². The molecule has 0 heterocycles. The molecule has 1 amide bonds. The van der Waals surface area contributed by atoms with Gasteiger partial charge in [-0.2, -0.15) is 0 Å². The summed E-state index contributed by atoms with van der Waals surface area (Å²) in [6, 6.07) is 0. The Morgan fingerprint density at radius 2 is 1.94 bits per heavy atom. The number of amides is 1. The summed E-state index contributed by atoms with van der Waals surface area (Å²) in [5.41, 5.74) is 4.50. The van der Waals surface area contributed by atoms with Gasteiger partial charge in [-0.05, 0) is 19.3 Å². The maximum absolute atomic E-state index is 12.9. The van der Waals surface area contributed by atoms with Gasteiger partial charge in [0.15, 0.2) is 0 Å². The van der Waals surface area contributed by atoms with Crippen LogP contribution in [0.15, 0.2) is 0 Å². The zero-order chi connectivity index (χ0) is 12.2. The van der Waals surface area contributed by atoms with Crippen LogP contribution in [-0.2, 0) is 4.79 Å². The minimum Gasteiger partial charge on any atom is -0.350 e. The van der Waals surface area contributed by atoms with Gasteiger partial charge in [-0.3, -0.25) is 4.79 Å². The number of rotatable bonds is 5. The molecular weight excluding hydrogens is 250 g/mol. The summed E-state index contributed by atoms with van der Waals surface area (Å²) in [6.45, 7) is 0.558. The molecule has 0 aromatic heterocycles. The lowest BCUT2D eigenvalue weighted by Crippen LogP contribution is -2.46. The first-order valence-electron chi connectivity index (χ1n) is 5.82. The number of nitrogens with one attached hydrogen (secondary N) is 1. The first-order valence-corrected chi connectivity index (χ1v) is 5.82. The number of carbonyl (C=O) groups excluding carboxylic acids is 1. The van der Waals surface area contributed by atoms with E-state index < -0.39 is 24.4 Å². The fourth-order valence-electron chi connectivity index (χ4n) is 2.26. The van der Waals surface area contributed by atoms with Gasteiger partial charge in [0, 0.05) is 5.41 Å². The summed E-state index contributed by atoms with van der Waals surface area (Å²) in [4.78, 5) is 11.9. The minimum atomic E-state index is -3.00. The normalized spacial score (nSPS) is 18.6. The van der Waals surface area contributed by atoms with Gasteiger partial charge < -0.3 is 11.1 Å². The Hall–Kier alpha value is -0.420. The van der Waals surface area contributed by atoms with Crippen LogP contribution in [0.25, 0.3) is 0 Å². The topological polar surface area (TPSA) is 55.1 Å². The zero-order valence-corrected chi connectivity index (χ0v) is 10.9. The molecule has 0 aromatic carbocycles. The van der Waals surface area contributed by atoms with Crippen LogP contribution in [0.2, 0.25) is 0 Å². The van der Waals surface area contributed by atoms with E-state index in [2.05, 4.69) is 5.32 Å². The highest BCUT2D eigenvalue weighted by Gasteiger charge is 2.40. The van der Waals surface area contributed by atoms with Gasteiger partial charge in [0.05, 0.1) is 13.1 Å². The standard InChI is InChI=1S/C11H20F2N2O.ClH/c1-2-10(5-3-4-6-10)9(16)15-8-11(12,13)7-14;/h2-8,14H2,1H3,(H,15,16);1H. The van der Waals surface area contributed by atoms with E-state index in [4.69, 9.17) is 5.73 Å². The van der Waals surface area contributed by atoms with Crippen molar-refractivity contribution in [2.24, 2.45) is 11.1 Å². The molecule has 0 saturated heterocycles. The van der Waals surface area contributed by atoms with Crippen LogP contribution in [0, 0.1) is 5.41 Å². The first-order chi connectivity index (χ1) is 7.46. The van der Waals surface area contributed by atoms with E-state index in [1.165, 1.54) is 0 Å². The van der Waals surface area contributed by atoms with Gasteiger partial charge in [-0.15, -0.1) is 12.4 Å². The molecule has 3 nitrogen and oxygen atoms in total. The van der Waals surface area contributed by atoms with Gasteiger partial charge in [0.25, 0.3) is 5.92 Å². The van der Waals surface area contributed by atoms with Crippen LogP contribution in [0.4, 0.5) is 8.78 Å². The average Bonchev–Trinajstić information content (AvgIpc) is 2.76. The van der Waals surface area contributed by atoms with Crippen molar-refractivity contribution in [2.75, 3.05) is 13.1 Å². The summed E-state index contributed by atoms with van der Waals surface area (Å²) in [6.07, 6.45) is 4.35. The molecule has 17 heavy (non-hydrogen) atoms. The molecular formula is C11H21ClF2N2O. The first kappa shape index (κ1) is 16.6. The number of carbonyl (C=O) groups is 1. The molecule has 1 saturated carbocycles. The fraction of sp³-hybridized carbons (Fsp3) is 0.909. The highest BCUT2D eigenvalue weighted by atomic mass is 35.5. The lowest BCUT2D eigenvalue weighted by atomic mass is 9.82. The van der Waals surface area contributed by atoms with Crippen LogP contribution in [0.5, 0.6) is 0 Å². The van der Waals surface area contributed by atoms with Crippen molar-refractivity contribution in [3.05, 3.63) is 0 Å². The Kier molecular flexibility index (Phi) is 6.34. The van der Waals surface area contributed by atoms with Crippen LogP contribution in [-0.4, -0.2) is 24.9 Å². The molecule has 102 valence electrons. The molecule has 0 atom stereocenters. The summed E-state index contributed by atoms with van der Waals surface area (Å²) < 4.78 is 25.8. The highest BCUT2D eigenvalue weighted by Crippen LogP contribution is 2.41. The Balaban J connectivity index is 0.00000256. The zero-order valence-electron chi connectivity index (χ0n) is 10.1. The molecule has 1 aliphatic carbocycles. The minimum absolute atomic E-state index is 0. The second-order valence-electron chi connectivity index (χ2n) is 4.58. The second-order valence-corrected chi connectivity index (χ2v) is 4.58. The maximum Gasteiger partial charge on any atom is 0.277 e. The van der Waals surface area contributed by atoms with Crippen LogP contribution < -0.4 is 11.1 Å². The monoisotopic (exact) mass is 270 g/mol. The molecule has 1 fully saturated rings. The molecule has 1 rings (SSSR count). The molecule has 6 heteroatoms. The summed E-state index contributed by atoms with van der Waals surface area (Å²) >= 11 is 0. The third-order valence-electron chi connectivity index (χ3n) is 3.53. The van der Waals surface area contributed by atoms with Gasteiger partial charge in [-0.1, -0.05) is 19.8 Å². The molecule has 0 radical (unpaired) electrons. The van der Waals surface area contributed by atoms with Crippen LogP contribution in [0.1, 0.15) is 39.0 Å². The van der Waals surface area contributed by atoms with Crippen molar-refractivity contribution in [1.29, 1.82) is 0 Å². The van der Waals surface area contributed by atoms with Crippen LogP contribution in [0.3, 0.4) is 0 Å². The highest BCUT2D eigenvalue weighted by molar-refractivity contribution is 5.85. The Morgan fingerprint density at radius 3 is 2.35 bits per heavy atom. The number of hydrogen-bond donors (Lipinski definition) is 2. The fourth-order valence-corrected chi connectivity index (χ4v) is 2.26. The van der Waals surface area contributed by atoms with E-state index in [1.54, 1.807) is 0 Å². The Bertz CT molecular complexity index is 256. The van der Waals surface area contributed by atoms with Gasteiger partial charge in [0.1, 0.15) is 0 Å². The molecule has 3 N–H and O–H groups in total. The lowest BCUT2D eigenvalue weighted by Gasteiger charge is -2.27. The average molecular weight is 271 g/mol. The van der Waals surface area contributed by atoms with Crippen molar-refractivity contribution in [2.45, 2.75) is 45.0 Å². The van der Waals surface area contributed by atoms with Crippen molar-refractivity contribution in [3.63, 3.8) is 0 Å². The van der Waals surface area contributed by atoms with Crippen molar-refractivity contribution >= 4 is 18.3 Å². The molecule has 0 spiro atoms. The Labute approximate surface area is 107 Å². The van der Waals surface area contributed by atoms with E-state index in [9.17, 15) is 13.6 Å². The van der Waals surface area contributed by atoms with E-state index in [0.29, 0.717) is 6.42 Å². The molecule has 0 bridgehead atoms. The van der Waals surface area contributed by atoms with E-state index in [-0.39, 0.29) is 18.3 Å². The number of hydrogen-bond acceptors (Lipinski definition) is 2. The Morgan fingerprint density at radius 1 is 1.41 bits per heavy atom. The smallest absolute Gasteiger partial charge is 0.277 e. The predicted molar refractivity (Wildman–Crippen MR) is 65.5 cm³/mol. The maximum atomic E-state index is 12.9. The van der Waals surface area contributed by atoms with Crippen molar-refractivity contribution in [3.8, 4) is 0 Å². The lowest BCUT2D eigenvalue weighted by molar-refractivity contribution is -0.132. The summed E-state index contributed by atoms with van der Waals surface area (Å²) in [5, 5.41) is 2.34. The second kappa shape index (κ2) is 6.50. The number of halogens is 3. The van der Waals surface area contributed by atoms with E-state index in [1.807, 2.05) is 6.92 Å². The third-order valence-corrected chi connectivity index (χ3v) is 3.53. The molecule has 0 unspecified atom stereocenters. The van der Waals surface area contributed by atoms with Crippen molar-refractivity contribution in [1.82, 2.24) is 5.32 Å². The third kappa shape index (κ3) is 4.07. The largest absolute Gasteiger partial charge is 0.350 e. The SMILES string of the molecule is CCC1(C(=O)NCC(F)(F)CN)CCCC1.Cl. The van der Waals surface area contributed by atoms with Crippen LogP contribution >= 0.6 is 12.4 Å². The number of nitrogens with two attached hydrogens (primary N) is 1. The number of alkyl halides is 2. The predicted octanol–water partition coefficient (Wildman–Crippen LogP) is 2.09. The van der Waals surface area contributed by atoms with Crippen molar-refractivity contribution < 1.29 is 13.6 Å². The summed E-state index contributed by atoms with van der Waals surface area (Å²) in [5.74, 6) is -3.23. The van der Waals surface area contributed by atoms with Gasteiger partial charge in [0.2, 0.25) is 5.91 Å².